The summed E-state index contributed by atoms with van der Waals surface area (Å²) in [7, 11) is 0. The molecule has 250 valence electrons. The van der Waals surface area contributed by atoms with Gasteiger partial charge in [-0.2, -0.15) is 0 Å². The maximum Gasteiger partial charge on any atom is 0.346 e. The number of rotatable bonds is 14. The van der Waals surface area contributed by atoms with Crippen molar-refractivity contribution in [3.63, 3.8) is 0 Å². The molecular weight excluding hydrogens is 699 g/mol. The first-order valence-corrected chi connectivity index (χ1v) is 16.1. The highest BCUT2D eigenvalue weighted by Crippen LogP contribution is 2.20. The van der Waals surface area contributed by atoms with Crippen LogP contribution in [0.1, 0.15) is 72.3 Å². The highest BCUT2D eigenvalue weighted by atomic mass is 127. The maximum atomic E-state index is 13.2. The van der Waals surface area contributed by atoms with Crippen LogP contribution in [0.3, 0.4) is 0 Å². The number of nitrogens with zero attached hydrogens (tertiary/aromatic N) is 2. The van der Waals surface area contributed by atoms with E-state index in [1.54, 1.807) is 26.0 Å². The minimum absolute atomic E-state index is 0.0892. The van der Waals surface area contributed by atoms with Crippen molar-refractivity contribution in [1.29, 1.82) is 0 Å². The van der Waals surface area contributed by atoms with Crippen LogP contribution in [0, 0.1) is 3.57 Å². The Morgan fingerprint density at radius 1 is 1.11 bits per heavy atom. The number of ketones is 1. The van der Waals surface area contributed by atoms with Crippen molar-refractivity contribution in [2.24, 2.45) is 5.73 Å². The Hall–Kier alpha value is -3.31. The number of carbonyl (C=O) groups excluding carboxylic acids is 6. The Bertz CT molecular complexity index is 1230. The number of carbonyl (C=O) groups is 6. The molecule has 45 heavy (non-hydrogen) atoms. The molecule has 1 saturated heterocycles. The summed E-state index contributed by atoms with van der Waals surface area (Å²) in [4.78, 5) is 77.2. The lowest BCUT2D eigenvalue weighted by atomic mass is 9.92. The zero-order valence-corrected chi connectivity index (χ0v) is 28.6. The lowest BCUT2D eigenvalue weighted by Gasteiger charge is -2.32. The van der Waals surface area contributed by atoms with E-state index in [1.165, 1.54) is 18.7 Å². The predicted molar refractivity (Wildman–Crippen MR) is 173 cm³/mol. The third-order valence-electron chi connectivity index (χ3n) is 7.39. The summed E-state index contributed by atoms with van der Waals surface area (Å²) in [6, 6.07) is 3.74. The number of Topliss-reactive ketones (excluding diaryl/α,β-unsaturated/α-hetero) is 1. The van der Waals surface area contributed by atoms with E-state index in [0.29, 0.717) is 31.4 Å². The molecule has 6 N–H and O–H groups in total. The number of benzene rings is 1. The van der Waals surface area contributed by atoms with Gasteiger partial charge in [-0.05, 0) is 107 Å². The fourth-order valence-electron chi connectivity index (χ4n) is 4.62. The van der Waals surface area contributed by atoms with Crippen LogP contribution in [-0.2, 0) is 35.3 Å². The first-order valence-electron chi connectivity index (χ1n) is 15.0. The summed E-state index contributed by atoms with van der Waals surface area (Å²) in [5.74, 6) is -3.21. The SMILES string of the molecule is CC(=O)C(O)(CCCCNC(=O)N(NC(=O)[C@@H]1CCCN1C(=O)[C@H](C)NC(=O)[C@H](C)N)C(C)C)C(=O)OCc1ccc(I)cc1. The van der Waals surface area contributed by atoms with Crippen molar-refractivity contribution in [3.8, 4) is 0 Å². The van der Waals surface area contributed by atoms with Gasteiger partial charge in [0.15, 0.2) is 5.78 Å². The Kier molecular flexibility index (Phi) is 14.6. The number of esters is 1. The summed E-state index contributed by atoms with van der Waals surface area (Å²) < 4.78 is 6.22. The summed E-state index contributed by atoms with van der Waals surface area (Å²) in [5.41, 5.74) is 6.57. The summed E-state index contributed by atoms with van der Waals surface area (Å²) in [6.45, 7) is 7.93. The first kappa shape index (κ1) is 37.9. The highest BCUT2D eigenvalue weighted by molar-refractivity contribution is 14.1. The van der Waals surface area contributed by atoms with Crippen molar-refractivity contribution in [2.45, 2.75) is 103 Å². The van der Waals surface area contributed by atoms with Crippen molar-refractivity contribution in [3.05, 3.63) is 33.4 Å². The number of aliphatic hydroxyl groups is 1. The van der Waals surface area contributed by atoms with Crippen LogP contribution in [0.5, 0.6) is 0 Å². The van der Waals surface area contributed by atoms with Crippen molar-refractivity contribution >= 4 is 58.1 Å². The summed E-state index contributed by atoms with van der Waals surface area (Å²) in [6.07, 6.45) is 1.33. The molecule has 0 spiro atoms. The van der Waals surface area contributed by atoms with Crippen LogP contribution >= 0.6 is 22.6 Å². The maximum absolute atomic E-state index is 13.2. The number of hydrazine groups is 1. The number of urea groups is 1. The fraction of sp³-hybridized carbons (Fsp3) is 0.600. The van der Waals surface area contributed by atoms with Crippen LogP contribution in [0.15, 0.2) is 24.3 Å². The van der Waals surface area contributed by atoms with Crippen LogP contribution in [0.2, 0.25) is 0 Å². The highest BCUT2D eigenvalue weighted by Gasteiger charge is 2.42. The van der Waals surface area contributed by atoms with Gasteiger partial charge in [0, 0.05) is 22.7 Å². The quantitative estimate of drug-likeness (QED) is 0.0609. The molecule has 1 aliphatic heterocycles. The van der Waals surface area contributed by atoms with Crippen LogP contribution in [0.25, 0.3) is 0 Å². The number of amides is 5. The molecule has 15 heteroatoms. The number of hydrogen-bond acceptors (Lipinski definition) is 9. The lowest BCUT2D eigenvalue weighted by molar-refractivity contribution is -0.172. The van der Waals surface area contributed by atoms with Gasteiger partial charge in [-0.3, -0.25) is 24.6 Å². The zero-order valence-electron chi connectivity index (χ0n) is 26.4. The second-order valence-corrected chi connectivity index (χ2v) is 12.7. The smallest absolute Gasteiger partial charge is 0.346 e. The third-order valence-corrected chi connectivity index (χ3v) is 8.11. The number of ether oxygens (including phenoxy) is 1. The second kappa shape index (κ2) is 17.4. The molecule has 14 nitrogen and oxygen atoms in total. The number of nitrogens with one attached hydrogen (secondary N) is 3. The Morgan fingerprint density at radius 2 is 1.76 bits per heavy atom. The van der Waals surface area contributed by atoms with Gasteiger partial charge in [0.1, 0.15) is 18.7 Å². The van der Waals surface area contributed by atoms with E-state index in [-0.39, 0.29) is 26.0 Å². The van der Waals surface area contributed by atoms with Crippen molar-refractivity contribution in [1.82, 2.24) is 26.0 Å². The van der Waals surface area contributed by atoms with Gasteiger partial charge in [0.2, 0.25) is 17.4 Å². The van der Waals surface area contributed by atoms with Crippen LogP contribution in [-0.4, -0.2) is 93.4 Å². The molecular formula is C30H45IN6O8. The van der Waals surface area contributed by atoms with Crippen LogP contribution < -0.4 is 21.8 Å². The normalized spacial score (nSPS) is 17.1. The molecule has 1 fully saturated rings. The second-order valence-electron chi connectivity index (χ2n) is 11.5. The molecule has 1 aromatic rings. The molecule has 2 rings (SSSR count). The van der Waals surface area contributed by atoms with Gasteiger partial charge in [-0.1, -0.05) is 12.1 Å². The van der Waals surface area contributed by atoms with E-state index in [9.17, 15) is 33.9 Å². The Balaban J connectivity index is 1.88. The largest absolute Gasteiger partial charge is 0.458 e. The first-order chi connectivity index (χ1) is 21.1. The van der Waals surface area contributed by atoms with Gasteiger partial charge < -0.3 is 31.1 Å². The molecule has 0 aliphatic carbocycles. The van der Waals surface area contributed by atoms with Gasteiger partial charge in [0.05, 0.1) is 6.04 Å². The Labute approximate surface area is 277 Å². The molecule has 1 aliphatic rings. The number of likely N-dealkylation sites (tertiary alicyclic amines) is 1. The number of halogens is 1. The van der Waals surface area contributed by atoms with E-state index >= 15 is 0 Å². The molecule has 4 atom stereocenters. The molecule has 5 amide bonds. The van der Waals surface area contributed by atoms with E-state index in [2.05, 4.69) is 38.7 Å². The molecule has 1 heterocycles. The van der Waals surface area contributed by atoms with Gasteiger partial charge in [-0.15, -0.1) is 0 Å². The Morgan fingerprint density at radius 3 is 2.33 bits per heavy atom. The monoisotopic (exact) mass is 744 g/mol. The molecule has 1 aromatic carbocycles. The number of nitrogens with two attached hydrogens (primary N) is 1. The van der Waals surface area contributed by atoms with Gasteiger partial charge in [0.25, 0.3) is 5.91 Å². The zero-order chi connectivity index (χ0) is 33.9. The molecule has 0 bridgehead atoms. The standard InChI is InChI=1S/C30H45IN6O8/c1-18(2)37(35-26(40)24-9-8-16-36(24)27(41)20(4)34-25(39)19(3)32)29(43)33-15-7-6-14-30(44,21(5)38)28(42)45-17-22-10-12-23(31)13-11-22/h10-13,18-20,24,44H,6-9,14-17,32H2,1-5H3,(H,33,43)(H,34,39)(H,35,40)/t19-,20-,24-,30?/m0/s1. The molecule has 1 unspecified atom stereocenters. The van der Waals surface area contributed by atoms with E-state index < -0.39 is 65.3 Å². The summed E-state index contributed by atoms with van der Waals surface area (Å²) in [5, 5.41) is 17.1. The van der Waals surface area contributed by atoms with Gasteiger partial charge in [-0.25, -0.2) is 14.6 Å². The lowest BCUT2D eigenvalue weighted by Crippen LogP contribution is -2.59. The van der Waals surface area contributed by atoms with E-state index in [0.717, 1.165) is 15.5 Å². The minimum Gasteiger partial charge on any atom is -0.458 e. The third kappa shape index (κ3) is 10.9. The van der Waals surface area contributed by atoms with Gasteiger partial charge >= 0.3 is 12.0 Å². The van der Waals surface area contributed by atoms with E-state index in [4.69, 9.17) is 10.5 Å². The van der Waals surface area contributed by atoms with Crippen molar-refractivity contribution in [2.75, 3.05) is 13.1 Å². The van der Waals surface area contributed by atoms with Crippen LogP contribution in [0.4, 0.5) is 4.79 Å². The average molecular weight is 745 g/mol. The number of hydrogen-bond donors (Lipinski definition) is 5. The minimum atomic E-state index is -2.31. The molecule has 0 radical (unpaired) electrons. The number of unbranched alkanes of at least 4 members (excludes halogenated alkanes) is 1. The topological polar surface area (TPSA) is 200 Å². The molecule has 0 aromatic heterocycles. The van der Waals surface area contributed by atoms with E-state index in [1.807, 2.05) is 12.1 Å². The molecule has 0 saturated carbocycles. The summed E-state index contributed by atoms with van der Waals surface area (Å²) >= 11 is 2.15. The fourth-order valence-corrected chi connectivity index (χ4v) is 4.98. The van der Waals surface area contributed by atoms with Crippen molar-refractivity contribution < 1.29 is 38.6 Å². The predicted octanol–water partition coefficient (Wildman–Crippen LogP) is 1.12. The average Bonchev–Trinajstić information content (AvgIpc) is 3.48.